The van der Waals surface area contributed by atoms with Crippen molar-refractivity contribution in [1.29, 1.82) is 0 Å². The fourth-order valence-electron chi connectivity index (χ4n) is 4.07. The molecular weight excluding hydrogens is 456 g/mol. The van der Waals surface area contributed by atoms with E-state index in [0.29, 0.717) is 31.4 Å². The van der Waals surface area contributed by atoms with Gasteiger partial charge in [0, 0.05) is 24.9 Å². The SMILES string of the molecule is O=C(O)CCCCCCN1C(=O)OCC[C@@H]1/C=C/[C@@H](O)C(F)(F)c1cccc(-c2ccccc2)c1. The Morgan fingerprint density at radius 2 is 1.80 bits per heavy atom. The monoisotopic (exact) mass is 487 g/mol. The van der Waals surface area contributed by atoms with E-state index in [1.54, 1.807) is 6.07 Å². The van der Waals surface area contributed by atoms with Crippen molar-refractivity contribution >= 4 is 12.1 Å². The minimum absolute atomic E-state index is 0.109. The number of carboxylic acid groups (broad SMARTS) is 1. The second kappa shape index (κ2) is 12.4. The van der Waals surface area contributed by atoms with Crippen LogP contribution in [0.4, 0.5) is 13.6 Å². The van der Waals surface area contributed by atoms with Gasteiger partial charge in [-0.15, -0.1) is 0 Å². The summed E-state index contributed by atoms with van der Waals surface area (Å²) in [5.74, 6) is -4.36. The van der Waals surface area contributed by atoms with Crippen LogP contribution in [0.3, 0.4) is 0 Å². The molecule has 0 spiro atoms. The van der Waals surface area contributed by atoms with Crippen LogP contribution in [0, 0.1) is 0 Å². The minimum atomic E-state index is -3.52. The van der Waals surface area contributed by atoms with Crippen molar-refractivity contribution in [3.63, 3.8) is 0 Å². The molecule has 1 amide bonds. The zero-order valence-electron chi connectivity index (χ0n) is 19.5. The van der Waals surface area contributed by atoms with Crippen molar-refractivity contribution in [2.45, 2.75) is 56.6 Å². The number of carbonyl (C=O) groups excluding carboxylic acids is 1. The van der Waals surface area contributed by atoms with Gasteiger partial charge < -0.3 is 19.8 Å². The van der Waals surface area contributed by atoms with E-state index in [4.69, 9.17) is 9.84 Å². The van der Waals surface area contributed by atoms with Gasteiger partial charge in [0.2, 0.25) is 0 Å². The maximum absolute atomic E-state index is 15.1. The average Bonchev–Trinajstić information content (AvgIpc) is 2.86. The number of aliphatic carboxylic acids is 1. The molecule has 0 aromatic heterocycles. The Morgan fingerprint density at radius 1 is 1.09 bits per heavy atom. The Labute approximate surface area is 203 Å². The predicted octanol–water partition coefficient (Wildman–Crippen LogP) is 5.61. The first-order valence-corrected chi connectivity index (χ1v) is 11.8. The van der Waals surface area contributed by atoms with Crippen LogP contribution in [-0.2, 0) is 15.5 Å². The predicted molar refractivity (Wildman–Crippen MR) is 128 cm³/mol. The molecule has 35 heavy (non-hydrogen) atoms. The van der Waals surface area contributed by atoms with Crippen molar-refractivity contribution in [1.82, 2.24) is 4.90 Å². The molecule has 2 N–H and O–H groups in total. The molecule has 1 heterocycles. The number of cyclic esters (lactones) is 1. The summed E-state index contributed by atoms with van der Waals surface area (Å²) in [6, 6.07) is 14.6. The maximum atomic E-state index is 15.1. The molecule has 2 atom stereocenters. The first-order valence-electron chi connectivity index (χ1n) is 11.8. The van der Waals surface area contributed by atoms with Gasteiger partial charge in [-0.1, -0.05) is 73.5 Å². The number of ether oxygens (including phenoxy) is 1. The quantitative estimate of drug-likeness (QED) is 0.300. The minimum Gasteiger partial charge on any atom is -0.481 e. The van der Waals surface area contributed by atoms with Crippen LogP contribution in [0.1, 0.15) is 44.1 Å². The fraction of sp³-hybridized carbons (Fsp3) is 0.407. The lowest BCUT2D eigenvalue weighted by molar-refractivity contribution is -0.137. The van der Waals surface area contributed by atoms with E-state index < -0.39 is 30.1 Å². The number of unbranched alkanes of at least 4 members (excludes halogenated alkanes) is 3. The van der Waals surface area contributed by atoms with Crippen LogP contribution in [0.5, 0.6) is 0 Å². The van der Waals surface area contributed by atoms with Crippen LogP contribution >= 0.6 is 0 Å². The highest BCUT2D eigenvalue weighted by Gasteiger charge is 2.39. The van der Waals surface area contributed by atoms with E-state index in [1.165, 1.54) is 29.2 Å². The standard InChI is InChI=1S/C27H31F2NO5/c28-27(29,22-12-8-11-21(19-22)20-9-4-3-5-10-20)24(31)15-14-23-16-18-35-26(34)30(23)17-7-2-1-6-13-25(32)33/h3-5,8-12,14-15,19,23-24,31H,1-2,6-7,13,16-18H2,(H,32,33)/b15-14+/t23-,24+/m0/s1. The Morgan fingerprint density at radius 3 is 2.54 bits per heavy atom. The number of carbonyl (C=O) groups is 2. The zero-order chi connectivity index (χ0) is 25.3. The lowest BCUT2D eigenvalue weighted by atomic mass is 9.97. The molecule has 3 rings (SSSR count). The third-order valence-corrected chi connectivity index (χ3v) is 6.06. The van der Waals surface area contributed by atoms with Gasteiger partial charge in [-0.3, -0.25) is 4.79 Å². The summed E-state index contributed by atoms with van der Waals surface area (Å²) in [4.78, 5) is 24.3. The Bertz CT molecular complexity index is 1010. The van der Waals surface area contributed by atoms with Gasteiger partial charge in [0.05, 0.1) is 12.6 Å². The highest BCUT2D eigenvalue weighted by Crippen LogP contribution is 2.35. The molecule has 0 bridgehead atoms. The topological polar surface area (TPSA) is 87.1 Å². The van der Waals surface area contributed by atoms with Gasteiger partial charge in [0.15, 0.2) is 0 Å². The normalized spacial score (nSPS) is 17.4. The number of amides is 1. The largest absolute Gasteiger partial charge is 0.481 e. The van der Waals surface area contributed by atoms with Crippen molar-refractivity contribution in [2.24, 2.45) is 0 Å². The first-order chi connectivity index (χ1) is 16.8. The highest BCUT2D eigenvalue weighted by atomic mass is 19.3. The second-order valence-electron chi connectivity index (χ2n) is 8.62. The van der Waals surface area contributed by atoms with Crippen molar-refractivity contribution in [3.8, 4) is 11.1 Å². The maximum Gasteiger partial charge on any atom is 0.410 e. The number of hydrogen-bond donors (Lipinski definition) is 2. The lowest BCUT2D eigenvalue weighted by Gasteiger charge is -2.33. The third-order valence-electron chi connectivity index (χ3n) is 6.06. The van der Waals surface area contributed by atoms with Crippen LogP contribution in [0.2, 0.25) is 0 Å². The second-order valence-corrected chi connectivity index (χ2v) is 8.62. The van der Waals surface area contributed by atoms with E-state index in [1.807, 2.05) is 30.3 Å². The van der Waals surface area contributed by atoms with Gasteiger partial charge in [-0.25, -0.2) is 4.79 Å². The third kappa shape index (κ3) is 7.36. The van der Waals surface area contributed by atoms with Gasteiger partial charge in [0.25, 0.3) is 0 Å². The molecule has 0 unspecified atom stereocenters. The number of benzene rings is 2. The van der Waals surface area contributed by atoms with Gasteiger partial charge in [-0.2, -0.15) is 8.78 Å². The van der Waals surface area contributed by atoms with Crippen molar-refractivity contribution < 1.29 is 33.3 Å². The summed E-state index contributed by atoms with van der Waals surface area (Å²) in [7, 11) is 0. The van der Waals surface area contributed by atoms with E-state index in [2.05, 4.69) is 0 Å². The molecule has 2 aromatic carbocycles. The van der Waals surface area contributed by atoms with Crippen LogP contribution in [0.15, 0.2) is 66.7 Å². The van der Waals surface area contributed by atoms with E-state index in [9.17, 15) is 14.7 Å². The zero-order valence-corrected chi connectivity index (χ0v) is 19.5. The molecule has 1 saturated heterocycles. The molecule has 8 heteroatoms. The van der Waals surface area contributed by atoms with E-state index >= 15 is 8.78 Å². The summed E-state index contributed by atoms with van der Waals surface area (Å²) >= 11 is 0. The van der Waals surface area contributed by atoms with Gasteiger partial charge in [-0.05, 0) is 30.0 Å². The molecular formula is C27H31F2NO5. The number of nitrogens with zero attached hydrogens (tertiary/aromatic N) is 1. The average molecular weight is 488 g/mol. The summed E-state index contributed by atoms with van der Waals surface area (Å²) in [5, 5.41) is 19.1. The Balaban J connectivity index is 1.63. The first kappa shape index (κ1) is 26.3. The smallest absolute Gasteiger partial charge is 0.410 e. The van der Waals surface area contributed by atoms with E-state index in [-0.39, 0.29) is 18.6 Å². The number of aliphatic hydroxyl groups is 1. The molecule has 1 fully saturated rings. The summed E-state index contributed by atoms with van der Waals surface area (Å²) in [6.07, 6.45) is 3.13. The highest BCUT2D eigenvalue weighted by molar-refractivity contribution is 5.69. The molecule has 0 radical (unpaired) electrons. The van der Waals surface area contributed by atoms with Gasteiger partial charge >= 0.3 is 18.0 Å². The van der Waals surface area contributed by atoms with Gasteiger partial charge in [0.1, 0.15) is 6.10 Å². The van der Waals surface area contributed by atoms with Crippen molar-refractivity contribution in [2.75, 3.05) is 13.2 Å². The van der Waals surface area contributed by atoms with Crippen LogP contribution in [0.25, 0.3) is 11.1 Å². The number of halogens is 2. The number of carboxylic acids is 1. The lowest BCUT2D eigenvalue weighted by Crippen LogP contribution is -2.45. The number of alkyl halides is 2. The number of aliphatic hydroxyl groups excluding tert-OH is 1. The summed E-state index contributed by atoms with van der Waals surface area (Å²) in [5.41, 5.74) is 1.13. The molecule has 2 aromatic rings. The molecule has 1 aliphatic rings. The van der Waals surface area contributed by atoms with Crippen molar-refractivity contribution in [3.05, 3.63) is 72.3 Å². The van der Waals surface area contributed by atoms with Crippen LogP contribution < -0.4 is 0 Å². The molecule has 0 aliphatic carbocycles. The molecule has 1 aliphatic heterocycles. The Hall–Kier alpha value is -3.26. The number of rotatable bonds is 12. The Kier molecular flexibility index (Phi) is 9.37. The molecule has 188 valence electrons. The van der Waals surface area contributed by atoms with E-state index in [0.717, 1.165) is 24.5 Å². The molecule has 6 nitrogen and oxygen atoms in total. The number of hydrogen-bond acceptors (Lipinski definition) is 4. The van der Waals surface area contributed by atoms with Crippen LogP contribution in [-0.4, -0.2) is 52.5 Å². The summed E-state index contributed by atoms with van der Waals surface area (Å²) in [6.45, 7) is 0.543. The molecule has 0 saturated carbocycles. The fourth-order valence-corrected chi connectivity index (χ4v) is 4.07. The summed E-state index contributed by atoms with van der Waals surface area (Å²) < 4.78 is 35.3.